The number of methoxy groups -OCH3 is 1. The number of nitrogens with zero attached hydrogens (tertiary/aromatic N) is 2. The molecular formula is C25H19ClN2O6S. The van der Waals surface area contributed by atoms with E-state index >= 15 is 0 Å². The molecule has 0 unspecified atom stereocenters. The highest BCUT2D eigenvalue weighted by molar-refractivity contribution is 8.18. The van der Waals surface area contributed by atoms with Crippen molar-refractivity contribution >= 4 is 46.3 Å². The maximum atomic E-state index is 13.0. The van der Waals surface area contributed by atoms with E-state index in [0.717, 1.165) is 22.2 Å². The van der Waals surface area contributed by atoms with Gasteiger partial charge in [0, 0.05) is 22.7 Å². The molecule has 0 aromatic heterocycles. The molecule has 3 aromatic rings. The summed E-state index contributed by atoms with van der Waals surface area (Å²) in [6.07, 6.45) is 1.60. The van der Waals surface area contributed by atoms with Gasteiger partial charge in [0.25, 0.3) is 16.8 Å². The highest BCUT2D eigenvalue weighted by atomic mass is 35.5. The number of hydrogen-bond acceptors (Lipinski definition) is 7. The van der Waals surface area contributed by atoms with Crippen molar-refractivity contribution in [2.24, 2.45) is 0 Å². The number of para-hydroxylation sites is 1. The van der Waals surface area contributed by atoms with E-state index < -0.39 is 16.1 Å². The number of non-ortho nitro benzene ring substituents is 1. The predicted octanol–water partition coefficient (Wildman–Crippen LogP) is 6.07. The fourth-order valence-corrected chi connectivity index (χ4v) is 4.34. The van der Waals surface area contributed by atoms with E-state index in [-0.39, 0.29) is 23.7 Å². The first kappa shape index (κ1) is 24.3. The number of amides is 2. The molecule has 0 saturated carbocycles. The van der Waals surface area contributed by atoms with Gasteiger partial charge in [0.05, 0.1) is 23.5 Å². The Bertz CT molecular complexity index is 1310. The molecular weight excluding hydrogens is 492 g/mol. The molecule has 1 fully saturated rings. The molecule has 0 bridgehead atoms. The minimum Gasteiger partial charge on any atom is -0.493 e. The first-order valence-electron chi connectivity index (χ1n) is 10.4. The van der Waals surface area contributed by atoms with Gasteiger partial charge in [-0.2, -0.15) is 0 Å². The average Bonchev–Trinajstić information content (AvgIpc) is 3.11. The molecule has 1 saturated heterocycles. The molecule has 10 heteroatoms. The van der Waals surface area contributed by atoms with Crippen LogP contribution in [0.5, 0.6) is 11.5 Å². The molecule has 3 aromatic carbocycles. The van der Waals surface area contributed by atoms with Crippen molar-refractivity contribution in [1.82, 2.24) is 4.90 Å². The van der Waals surface area contributed by atoms with Gasteiger partial charge in [-0.1, -0.05) is 48.0 Å². The SMILES string of the molecule is COc1cccc(/C=C2/SC(=O)N(Cc3ccc([N+](=O)[O-])cc3)C2=O)c1OCc1ccc(Cl)cc1. The number of imide groups is 1. The number of rotatable bonds is 8. The van der Waals surface area contributed by atoms with E-state index in [9.17, 15) is 19.7 Å². The summed E-state index contributed by atoms with van der Waals surface area (Å²) in [4.78, 5) is 37.2. The molecule has 1 aliphatic heterocycles. The molecule has 0 atom stereocenters. The summed E-state index contributed by atoms with van der Waals surface area (Å²) in [6.45, 7) is 0.262. The van der Waals surface area contributed by atoms with E-state index in [1.165, 1.54) is 31.4 Å². The predicted molar refractivity (Wildman–Crippen MR) is 133 cm³/mol. The normalized spacial score (nSPS) is 14.5. The Kier molecular flexibility index (Phi) is 7.38. The van der Waals surface area contributed by atoms with E-state index in [0.29, 0.717) is 27.6 Å². The van der Waals surface area contributed by atoms with Gasteiger partial charge in [-0.15, -0.1) is 0 Å². The third kappa shape index (κ3) is 5.64. The van der Waals surface area contributed by atoms with Gasteiger partial charge in [-0.25, -0.2) is 0 Å². The summed E-state index contributed by atoms with van der Waals surface area (Å²) < 4.78 is 11.5. The Morgan fingerprint density at radius 2 is 1.71 bits per heavy atom. The molecule has 2 amide bonds. The van der Waals surface area contributed by atoms with Crippen LogP contribution in [-0.2, 0) is 17.9 Å². The van der Waals surface area contributed by atoms with Crippen molar-refractivity contribution in [2.75, 3.05) is 7.11 Å². The number of ether oxygens (including phenoxy) is 2. The third-order valence-electron chi connectivity index (χ3n) is 5.17. The van der Waals surface area contributed by atoms with Crippen LogP contribution in [0.25, 0.3) is 6.08 Å². The minimum absolute atomic E-state index is 0.0119. The Hall–Kier alpha value is -3.82. The zero-order chi connectivity index (χ0) is 24.9. The van der Waals surface area contributed by atoms with Gasteiger partial charge >= 0.3 is 0 Å². The molecule has 1 aliphatic rings. The minimum atomic E-state index is -0.507. The van der Waals surface area contributed by atoms with Crippen LogP contribution < -0.4 is 9.47 Å². The van der Waals surface area contributed by atoms with Gasteiger partial charge in [0.2, 0.25) is 0 Å². The number of nitro benzene ring substituents is 1. The number of thioether (sulfide) groups is 1. The topological polar surface area (TPSA) is 99.0 Å². The molecule has 4 rings (SSSR count). The quantitative estimate of drug-likeness (QED) is 0.206. The number of carbonyl (C=O) groups excluding carboxylic acids is 2. The summed E-state index contributed by atoms with van der Waals surface area (Å²) in [5.41, 5.74) is 2.02. The number of hydrogen-bond donors (Lipinski definition) is 0. The number of benzene rings is 3. The fraction of sp³-hybridized carbons (Fsp3) is 0.120. The van der Waals surface area contributed by atoms with Crippen LogP contribution in [0.1, 0.15) is 16.7 Å². The van der Waals surface area contributed by atoms with Crippen LogP contribution in [0.3, 0.4) is 0 Å². The Labute approximate surface area is 210 Å². The van der Waals surface area contributed by atoms with Crippen LogP contribution in [0.15, 0.2) is 71.6 Å². The standard InChI is InChI=1S/C25H19ClN2O6S/c1-33-21-4-2-3-18(23(21)34-15-17-5-9-19(26)10-6-17)13-22-24(29)27(25(30)35-22)14-16-7-11-20(12-8-16)28(31)32/h2-13H,14-15H2,1H3/b22-13+. The van der Waals surface area contributed by atoms with Gasteiger partial charge in [0.1, 0.15) is 6.61 Å². The monoisotopic (exact) mass is 510 g/mol. The summed E-state index contributed by atoms with van der Waals surface area (Å²) in [6, 6.07) is 18.2. The lowest BCUT2D eigenvalue weighted by Crippen LogP contribution is -2.27. The summed E-state index contributed by atoms with van der Waals surface area (Å²) in [5.74, 6) is 0.467. The average molecular weight is 511 g/mol. The smallest absolute Gasteiger partial charge is 0.293 e. The number of carbonyl (C=O) groups is 2. The lowest BCUT2D eigenvalue weighted by atomic mass is 10.1. The molecule has 35 heavy (non-hydrogen) atoms. The maximum absolute atomic E-state index is 13.0. The van der Waals surface area contributed by atoms with Crippen molar-refractivity contribution in [1.29, 1.82) is 0 Å². The third-order valence-corrected chi connectivity index (χ3v) is 6.33. The summed E-state index contributed by atoms with van der Waals surface area (Å²) in [7, 11) is 1.52. The first-order valence-corrected chi connectivity index (χ1v) is 11.6. The molecule has 0 radical (unpaired) electrons. The van der Waals surface area contributed by atoms with Crippen molar-refractivity contribution in [2.45, 2.75) is 13.2 Å². The van der Waals surface area contributed by atoms with Crippen LogP contribution in [0, 0.1) is 10.1 Å². The first-order chi connectivity index (χ1) is 16.9. The van der Waals surface area contributed by atoms with Crippen LogP contribution >= 0.6 is 23.4 Å². The molecule has 0 spiro atoms. The molecule has 178 valence electrons. The molecule has 0 N–H and O–H groups in total. The van der Waals surface area contributed by atoms with Crippen LogP contribution in [-0.4, -0.2) is 28.1 Å². The number of nitro groups is 1. The summed E-state index contributed by atoms with van der Waals surface area (Å²) in [5, 5.41) is 11.0. The van der Waals surface area contributed by atoms with Gasteiger partial charge in [-0.3, -0.25) is 24.6 Å². The second-order valence-electron chi connectivity index (χ2n) is 7.49. The Morgan fingerprint density at radius 1 is 1.03 bits per heavy atom. The lowest BCUT2D eigenvalue weighted by Gasteiger charge is -2.14. The van der Waals surface area contributed by atoms with E-state index in [1.807, 2.05) is 12.1 Å². The molecule has 8 nitrogen and oxygen atoms in total. The van der Waals surface area contributed by atoms with E-state index in [4.69, 9.17) is 21.1 Å². The van der Waals surface area contributed by atoms with Crippen molar-refractivity contribution < 1.29 is 24.0 Å². The Morgan fingerprint density at radius 3 is 2.37 bits per heavy atom. The zero-order valence-electron chi connectivity index (χ0n) is 18.5. The Balaban J connectivity index is 1.55. The van der Waals surface area contributed by atoms with Gasteiger partial charge < -0.3 is 9.47 Å². The summed E-state index contributed by atoms with van der Waals surface area (Å²) >= 11 is 6.76. The van der Waals surface area contributed by atoms with Gasteiger partial charge in [-0.05, 0) is 47.2 Å². The van der Waals surface area contributed by atoms with E-state index in [1.54, 1.807) is 36.4 Å². The lowest BCUT2D eigenvalue weighted by molar-refractivity contribution is -0.384. The second-order valence-corrected chi connectivity index (χ2v) is 8.91. The molecule has 1 heterocycles. The van der Waals surface area contributed by atoms with Crippen molar-refractivity contribution in [3.05, 3.63) is 103 Å². The van der Waals surface area contributed by atoms with Crippen molar-refractivity contribution in [3.8, 4) is 11.5 Å². The maximum Gasteiger partial charge on any atom is 0.293 e. The van der Waals surface area contributed by atoms with Gasteiger partial charge in [0.15, 0.2) is 11.5 Å². The van der Waals surface area contributed by atoms with Crippen LogP contribution in [0.2, 0.25) is 5.02 Å². The number of halogens is 1. The zero-order valence-corrected chi connectivity index (χ0v) is 20.0. The highest BCUT2D eigenvalue weighted by Crippen LogP contribution is 2.38. The second kappa shape index (κ2) is 10.6. The highest BCUT2D eigenvalue weighted by Gasteiger charge is 2.35. The van der Waals surface area contributed by atoms with Crippen molar-refractivity contribution in [3.63, 3.8) is 0 Å². The van der Waals surface area contributed by atoms with Crippen LogP contribution in [0.4, 0.5) is 10.5 Å². The van der Waals surface area contributed by atoms with E-state index in [2.05, 4.69) is 0 Å². The fourth-order valence-electron chi connectivity index (χ4n) is 3.38. The largest absolute Gasteiger partial charge is 0.493 e. The molecule has 0 aliphatic carbocycles.